The molecule has 0 aromatic carbocycles. The summed E-state index contributed by atoms with van der Waals surface area (Å²) >= 11 is 5.78. The lowest BCUT2D eigenvalue weighted by molar-refractivity contribution is 0.410. The molecule has 72 valence electrons. The molecule has 0 saturated carbocycles. The molecule has 0 aliphatic carbocycles. The molecule has 0 unspecified atom stereocenters. The summed E-state index contributed by atoms with van der Waals surface area (Å²) in [5.41, 5.74) is 2.83. The molecule has 0 aliphatic rings. The quantitative estimate of drug-likeness (QED) is 0.627. The molecule has 0 aliphatic heterocycles. The lowest BCUT2D eigenvalue weighted by atomic mass is 9.87. The number of aromatic nitrogens is 1. The number of rotatable bonds is 1. The molecule has 1 aromatic heterocycles. The smallest absolute Gasteiger partial charge is 0.129 e. The first-order valence-corrected chi connectivity index (χ1v) is 4.87. The van der Waals surface area contributed by atoms with Crippen LogP contribution in [0.2, 0.25) is 5.15 Å². The van der Waals surface area contributed by atoms with Gasteiger partial charge in [0.25, 0.3) is 0 Å². The van der Waals surface area contributed by atoms with Gasteiger partial charge in [-0.1, -0.05) is 32.4 Å². The van der Waals surface area contributed by atoms with Crippen molar-refractivity contribution in [2.24, 2.45) is 5.41 Å². The van der Waals surface area contributed by atoms with Gasteiger partial charge in [-0.05, 0) is 36.0 Å². The van der Waals surface area contributed by atoms with Crippen molar-refractivity contribution in [3.8, 4) is 0 Å². The summed E-state index contributed by atoms with van der Waals surface area (Å²) in [5.74, 6) is 0. The zero-order valence-corrected chi connectivity index (χ0v) is 9.44. The predicted octanol–water partition coefficient (Wildman–Crippen LogP) is 3.63. The fourth-order valence-corrected chi connectivity index (χ4v) is 1.52. The Bertz CT molecular complexity index is 299. The van der Waals surface area contributed by atoms with Gasteiger partial charge >= 0.3 is 0 Å². The molecule has 0 amide bonds. The molecule has 0 saturated heterocycles. The van der Waals surface area contributed by atoms with E-state index in [-0.39, 0.29) is 0 Å². The van der Waals surface area contributed by atoms with Gasteiger partial charge in [-0.3, -0.25) is 0 Å². The molecule has 2 heteroatoms. The first-order chi connectivity index (χ1) is 5.88. The number of pyridine rings is 1. The van der Waals surface area contributed by atoms with Crippen molar-refractivity contribution in [1.82, 2.24) is 4.98 Å². The molecule has 1 aromatic rings. The van der Waals surface area contributed by atoms with E-state index in [0.717, 1.165) is 6.42 Å². The van der Waals surface area contributed by atoms with Crippen molar-refractivity contribution in [2.75, 3.05) is 0 Å². The van der Waals surface area contributed by atoms with E-state index < -0.39 is 0 Å². The average Bonchev–Trinajstić information content (AvgIpc) is 1.93. The Balaban J connectivity index is 2.90. The SMILES string of the molecule is Cc1cc(Cl)ncc1CC(C)(C)C. The van der Waals surface area contributed by atoms with Gasteiger partial charge < -0.3 is 0 Å². The Morgan fingerprint density at radius 3 is 2.46 bits per heavy atom. The summed E-state index contributed by atoms with van der Waals surface area (Å²) in [6.45, 7) is 8.75. The van der Waals surface area contributed by atoms with Crippen LogP contribution in [0.4, 0.5) is 0 Å². The fraction of sp³-hybridized carbons (Fsp3) is 0.545. The van der Waals surface area contributed by atoms with Crippen LogP contribution in [0.3, 0.4) is 0 Å². The molecule has 1 heterocycles. The van der Waals surface area contributed by atoms with Crippen molar-refractivity contribution in [3.05, 3.63) is 28.5 Å². The van der Waals surface area contributed by atoms with Crippen molar-refractivity contribution < 1.29 is 0 Å². The zero-order valence-electron chi connectivity index (χ0n) is 8.69. The first-order valence-electron chi connectivity index (χ1n) is 4.49. The molecule has 1 rings (SSSR count). The minimum atomic E-state index is 0.306. The maximum absolute atomic E-state index is 5.78. The molecule has 0 spiro atoms. The van der Waals surface area contributed by atoms with Gasteiger partial charge in [-0.2, -0.15) is 0 Å². The maximum atomic E-state index is 5.78. The van der Waals surface area contributed by atoms with E-state index in [9.17, 15) is 0 Å². The number of halogens is 1. The van der Waals surface area contributed by atoms with Crippen LogP contribution in [-0.4, -0.2) is 4.98 Å². The van der Waals surface area contributed by atoms with Gasteiger partial charge in [-0.15, -0.1) is 0 Å². The second-order valence-corrected chi connectivity index (χ2v) is 5.06. The monoisotopic (exact) mass is 197 g/mol. The van der Waals surface area contributed by atoms with Crippen molar-refractivity contribution in [2.45, 2.75) is 34.1 Å². The Morgan fingerprint density at radius 1 is 1.38 bits per heavy atom. The van der Waals surface area contributed by atoms with Crippen LogP contribution in [-0.2, 0) is 6.42 Å². The molecular formula is C11H16ClN. The molecule has 0 bridgehead atoms. The fourth-order valence-electron chi connectivity index (χ4n) is 1.31. The average molecular weight is 198 g/mol. The molecule has 1 nitrogen and oxygen atoms in total. The largest absolute Gasteiger partial charge is 0.244 e. The summed E-state index contributed by atoms with van der Waals surface area (Å²) in [5, 5.41) is 0.579. The van der Waals surface area contributed by atoms with Crippen molar-refractivity contribution >= 4 is 11.6 Å². The standard InChI is InChI=1S/C11H16ClN/c1-8-5-10(12)13-7-9(8)6-11(2,3)4/h5,7H,6H2,1-4H3. The number of hydrogen-bond donors (Lipinski definition) is 0. The summed E-state index contributed by atoms with van der Waals surface area (Å²) in [6.07, 6.45) is 2.92. The van der Waals surface area contributed by atoms with Gasteiger partial charge in [0, 0.05) is 6.20 Å². The molecular weight excluding hydrogens is 182 g/mol. The van der Waals surface area contributed by atoms with E-state index in [2.05, 4.69) is 32.7 Å². The highest BCUT2D eigenvalue weighted by Crippen LogP contribution is 2.23. The van der Waals surface area contributed by atoms with E-state index in [1.165, 1.54) is 11.1 Å². The Morgan fingerprint density at radius 2 is 2.00 bits per heavy atom. The van der Waals surface area contributed by atoms with Crippen LogP contribution in [0.15, 0.2) is 12.3 Å². The molecule has 0 radical (unpaired) electrons. The van der Waals surface area contributed by atoms with Gasteiger partial charge in [0.2, 0.25) is 0 Å². The summed E-state index contributed by atoms with van der Waals surface area (Å²) in [7, 11) is 0. The Hall–Kier alpha value is -0.560. The van der Waals surface area contributed by atoms with Crippen LogP contribution in [0.1, 0.15) is 31.9 Å². The number of hydrogen-bond acceptors (Lipinski definition) is 1. The third-order valence-electron chi connectivity index (χ3n) is 1.91. The van der Waals surface area contributed by atoms with E-state index in [1.54, 1.807) is 0 Å². The zero-order chi connectivity index (χ0) is 10.1. The predicted molar refractivity (Wildman–Crippen MR) is 57.1 cm³/mol. The van der Waals surface area contributed by atoms with Crippen LogP contribution in [0.5, 0.6) is 0 Å². The van der Waals surface area contributed by atoms with Gasteiger partial charge in [-0.25, -0.2) is 4.98 Å². The van der Waals surface area contributed by atoms with Crippen LogP contribution < -0.4 is 0 Å². The lowest BCUT2D eigenvalue weighted by Gasteiger charge is -2.19. The maximum Gasteiger partial charge on any atom is 0.129 e. The molecule has 0 atom stereocenters. The van der Waals surface area contributed by atoms with E-state index in [0.29, 0.717) is 10.6 Å². The third kappa shape index (κ3) is 3.35. The lowest BCUT2D eigenvalue weighted by Crippen LogP contribution is -2.10. The third-order valence-corrected chi connectivity index (χ3v) is 2.11. The van der Waals surface area contributed by atoms with Gasteiger partial charge in [0.05, 0.1) is 0 Å². The van der Waals surface area contributed by atoms with E-state index in [1.807, 2.05) is 12.3 Å². The van der Waals surface area contributed by atoms with Crippen molar-refractivity contribution in [3.63, 3.8) is 0 Å². The van der Waals surface area contributed by atoms with Crippen LogP contribution in [0, 0.1) is 12.3 Å². The number of nitrogens with zero attached hydrogens (tertiary/aromatic N) is 1. The number of aryl methyl sites for hydroxylation is 1. The minimum absolute atomic E-state index is 0.306. The van der Waals surface area contributed by atoms with E-state index in [4.69, 9.17) is 11.6 Å². The molecule has 13 heavy (non-hydrogen) atoms. The highest BCUT2D eigenvalue weighted by Gasteiger charge is 2.13. The summed E-state index contributed by atoms with van der Waals surface area (Å²) in [4.78, 5) is 4.09. The molecule has 0 fully saturated rings. The minimum Gasteiger partial charge on any atom is -0.244 e. The van der Waals surface area contributed by atoms with Crippen LogP contribution >= 0.6 is 11.6 Å². The van der Waals surface area contributed by atoms with Gasteiger partial charge in [0.15, 0.2) is 0 Å². The first kappa shape index (κ1) is 10.5. The highest BCUT2D eigenvalue weighted by molar-refractivity contribution is 6.29. The Labute approximate surface area is 85.1 Å². The summed E-state index contributed by atoms with van der Waals surface area (Å²) in [6, 6.07) is 1.92. The summed E-state index contributed by atoms with van der Waals surface area (Å²) < 4.78 is 0. The highest BCUT2D eigenvalue weighted by atomic mass is 35.5. The van der Waals surface area contributed by atoms with Gasteiger partial charge in [0.1, 0.15) is 5.15 Å². The second kappa shape index (κ2) is 3.67. The topological polar surface area (TPSA) is 12.9 Å². The second-order valence-electron chi connectivity index (χ2n) is 4.67. The Kier molecular flexibility index (Phi) is 2.97. The van der Waals surface area contributed by atoms with Crippen LogP contribution in [0.25, 0.3) is 0 Å². The van der Waals surface area contributed by atoms with E-state index >= 15 is 0 Å². The van der Waals surface area contributed by atoms with Crippen molar-refractivity contribution in [1.29, 1.82) is 0 Å². The normalized spacial score (nSPS) is 11.8. The molecule has 0 N–H and O–H groups in total.